The highest BCUT2D eigenvalue weighted by molar-refractivity contribution is 6.30. The number of halogens is 2. The predicted molar refractivity (Wildman–Crippen MR) is 112 cm³/mol. The standard InChI is InChI=1S/C22H21ClFNO5/c1-3-14(11-26)25-10-16(22(28)29)21(27)15-8-13(19(30-2)9-18(15)25)7-12-5-4-6-17(23)20(12)24/h4-6,8-10,14,26H,3,7,11H2,1-2H3,(H,28,29)/t14-/m0/s1. The lowest BCUT2D eigenvalue weighted by Crippen LogP contribution is -2.22. The molecule has 0 fully saturated rings. The number of hydrogen-bond acceptors (Lipinski definition) is 4. The smallest absolute Gasteiger partial charge is 0.341 e. The number of aromatic nitrogens is 1. The van der Waals surface area contributed by atoms with Gasteiger partial charge in [0.05, 0.1) is 30.3 Å². The van der Waals surface area contributed by atoms with Crippen LogP contribution in [-0.2, 0) is 6.42 Å². The Morgan fingerprint density at radius 3 is 2.63 bits per heavy atom. The number of hydrogen-bond donors (Lipinski definition) is 2. The van der Waals surface area contributed by atoms with Gasteiger partial charge in [-0.1, -0.05) is 30.7 Å². The van der Waals surface area contributed by atoms with E-state index in [4.69, 9.17) is 16.3 Å². The zero-order valence-electron chi connectivity index (χ0n) is 16.5. The normalized spacial score (nSPS) is 12.2. The van der Waals surface area contributed by atoms with Crippen LogP contribution < -0.4 is 10.2 Å². The molecule has 0 saturated heterocycles. The minimum Gasteiger partial charge on any atom is -0.496 e. The van der Waals surface area contributed by atoms with E-state index in [1.807, 2.05) is 6.92 Å². The molecule has 8 heteroatoms. The highest BCUT2D eigenvalue weighted by Crippen LogP contribution is 2.30. The highest BCUT2D eigenvalue weighted by Gasteiger charge is 2.21. The molecule has 0 aliphatic carbocycles. The summed E-state index contributed by atoms with van der Waals surface area (Å²) in [6.07, 6.45) is 1.86. The number of carbonyl (C=O) groups is 1. The van der Waals surface area contributed by atoms with Crippen LogP contribution in [-0.4, -0.2) is 34.5 Å². The van der Waals surface area contributed by atoms with Crippen LogP contribution in [0.5, 0.6) is 5.75 Å². The second kappa shape index (κ2) is 8.85. The largest absolute Gasteiger partial charge is 0.496 e. The van der Waals surface area contributed by atoms with Crippen molar-refractivity contribution in [3.8, 4) is 5.75 Å². The topological polar surface area (TPSA) is 88.8 Å². The van der Waals surface area contributed by atoms with E-state index in [0.29, 0.717) is 28.8 Å². The molecule has 158 valence electrons. The third kappa shape index (κ3) is 3.91. The van der Waals surface area contributed by atoms with Crippen molar-refractivity contribution in [2.75, 3.05) is 13.7 Å². The van der Waals surface area contributed by atoms with Crippen molar-refractivity contribution in [3.63, 3.8) is 0 Å². The fourth-order valence-corrected chi connectivity index (χ4v) is 3.70. The van der Waals surface area contributed by atoms with Crippen molar-refractivity contribution in [2.24, 2.45) is 0 Å². The Kier molecular flexibility index (Phi) is 6.43. The van der Waals surface area contributed by atoms with Crippen LogP contribution >= 0.6 is 11.6 Å². The van der Waals surface area contributed by atoms with Gasteiger partial charge in [0.25, 0.3) is 0 Å². The zero-order chi connectivity index (χ0) is 22.0. The van der Waals surface area contributed by atoms with Gasteiger partial charge in [0, 0.05) is 24.1 Å². The van der Waals surface area contributed by atoms with Gasteiger partial charge in [0.15, 0.2) is 0 Å². The number of rotatable bonds is 7. The van der Waals surface area contributed by atoms with Crippen LogP contribution in [0.3, 0.4) is 0 Å². The molecule has 3 rings (SSSR count). The van der Waals surface area contributed by atoms with Gasteiger partial charge in [0.2, 0.25) is 5.43 Å². The van der Waals surface area contributed by atoms with E-state index in [1.54, 1.807) is 22.8 Å². The first-order chi connectivity index (χ1) is 14.3. The summed E-state index contributed by atoms with van der Waals surface area (Å²) in [5, 5.41) is 19.4. The van der Waals surface area contributed by atoms with Gasteiger partial charge in [-0.05, 0) is 29.7 Å². The number of aromatic carboxylic acids is 1. The lowest BCUT2D eigenvalue weighted by atomic mass is 9.99. The van der Waals surface area contributed by atoms with Gasteiger partial charge in [-0.2, -0.15) is 0 Å². The molecule has 1 aromatic heterocycles. The van der Waals surface area contributed by atoms with Crippen LogP contribution in [0, 0.1) is 5.82 Å². The number of aliphatic hydroxyl groups is 1. The molecule has 0 aliphatic rings. The van der Waals surface area contributed by atoms with E-state index in [1.165, 1.54) is 25.4 Å². The number of ether oxygens (including phenoxy) is 1. The number of aliphatic hydroxyl groups excluding tert-OH is 1. The summed E-state index contributed by atoms with van der Waals surface area (Å²) in [4.78, 5) is 24.5. The van der Waals surface area contributed by atoms with Crippen LogP contribution in [0.1, 0.15) is 40.9 Å². The number of carboxylic acid groups (broad SMARTS) is 1. The molecular formula is C22H21ClFNO5. The molecule has 3 aromatic rings. The van der Waals surface area contributed by atoms with Crippen molar-refractivity contribution in [3.05, 3.63) is 74.3 Å². The maximum atomic E-state index is 14.4. The second-order valence-electron chi connectivity index (χ2n) is 6.90. The zero-order valence-corrected chi connectivity index (χ0v) is 17.2. The Balaban J connectivity index is 2.31. The second-order valence-corrected chi connectivity index (χ2v) is 7.31. The molecule has 0 saturated carbocycles. The Morgan fingerprint density at radius 1 is 1.30 bits per heavy atom. The Bertz CT molecular complexity index is 1170. The summed E-state index contributed by atoms with van der Waals surface area (Å²) < 4.78 is 21.4. The van der Waals surface area contributed by atoms with Crippen molar-refractivity contribution < 1.29 is 24.1 Å². The molecule has 0 unspecified atom stereocenters. The van der Waals surface area contributed by atoms with Crippen LogP contribution in [0.25, 0.3) is 10.9 Å². The molecule has 30 heavy (non-hydrogen) atoms. The summed E-state index contributed by atoms with van der Waals surface area (Å²) in [5.41, 5.74) is 0.195. The summed E-state index contributed by atoms with van der Waals surface area (Å²) in [6, 6.07) is 7.34. The van der Waals surface area contributed by atoms with E-state index in [0.717, 1.165) is 0 Å². The Labute approximate surface area is 177 Å². The van der Waals surface area contributed by atoms with Crippen molar-refractivity contribution in [1.82, 2.24) is 4.57 Å². The van der Waals surface area contributed by atoms with Gasteiger partial charge in [-0.3, -0.25) is 4.79 Å². The van der Waals surface area contributed by atoms with Crippen molar-refractivity contribution in [2.45, 2.75) is 25.8 Å². The lowest BCUT2D eigenvalue weighted by molar-refractivity contribution is 0.0694. The maximum Gasteiger partial charge on any atom is 0.341 e. The average Bonchev–Trinajstić information content (AvgIpc) is 2.73. The highest BCUT2D eigenvalue weighted by atomic mass is 35.5. The summed E-state index contributed by atoms with van der Waals surface area (Å²) in [6.45, 7) is 1.62. The number of carboxylic acids is 1. The minimum absolute atomic E-state index is 0.0171. The van der Waals surface area contributed by atoms with Gasteiger partial charge >= 0.3 is 5.97 Å². The first kappa shape index (κ1) is 21.8. The number of benzene rings is 2. The number of methoxy groups -OCH3 is 1. The monoisotopic (exact) mass is 433 g/mol. The molecule has 6 nitrogen and oxygen atoms in total. The van der Waals surface area contributed by atoms with Crippen molar-refractivity contribution in [1.29, 1.82) is 0 Å². The van der Waals surface area contributed by atoms with Gasteiger partial charge < -0.3 is 19.5 Å². The molecule has 1 heterocycles. The van der Waals surface area contributed by atoms with E-state index in [-0.39, 0.29) is 23.4 Å². The molecule has 0 spiro atoms. The lowest BCUT2D eigenvalue weighted by Gasteiger charge is -2.21. The SMILES string of the molecule is CC[C@@H](CO)n1cc(C(=O)O)c(=O)c2cc(Cc3cccc(Cl)c3F)c(OC)cc21. The van der Waals surface area contributed by atoms with Gasteiger partial charge in [-0.15, -0.1) is 0 Å². The molecule has 0 aliphatic heterocycles. The number of pyridine rings is 1. The molecule has 0 radical (unpaired) electrons. The van der Waals surface area contributed by atoms with Crippen LogP contribution in [0.15, 0.2) is 41.3 Å². The molecule has 2 aromatic carbocycles. The quantitative estimate of drug-likeness (QED) is 0.587. The van der Waals surface area contributed by atoms with E-state index in [9.17, 15) is 24.2 Å². The number of nitrogens with zero attached hydrogens (tertiary/aromatic N) is 1. The maximum absolute atomic E-state index is 14.4. The van der Waals surface area contributed by atoms with E-state index in [2.05, 4.69) is 0 Å². The third-order valence-electron chi connectivity index (χ3n) is 5.15. The fourth-order valence-electron chi connectivity index (χ4n) is 3.51. The van der Waals surface area contributed by atoms with Crippen LogP contribution in [0.2, 0.25) is 5.02 Å². The first-order valence-corrected chi connectivity index (χ1v) is 9.72. The molecule has 0 bridgehead atoms. The Hall–Kier alpha value is -2.90. The summed E-state index contributed by atoms with van der Waals surface area (Å²) in [5.74, 6) is -1.52. The first-order valence-electron chi connectivity index (χ1n) is 9.35. The van der Waals surface area contributed by atoms with Crippen molar-refractivity contribution >= 4 is 28.5 Å². The van der Waals surface area contributed by atoms with Crippen LogP contribution in [0.4, 0.5) is 4.39 Å². The molecule has 0 amide bonds. The van der Waals surface area contributed by atoms with E-state index < -0.39 is 28.8 Å². The van der Waals surface area contributed by atoms with E-state index >= 15 is 0 Å². The fraction of sp³-hybridized carbons (Fsp3) is 0.273. The predicted octanol–water partition coefficient (Wildman–Crippen LogP) is 4.04. The summed E-state index contributed by atoms with van der Waals surface area (Å²) >= 11 is 5.87. The molecule has 1 atom stereocenters. The molecular weight excluding hydrogens is 413 g/mol. The van der Waals surface area contributed by atoms with Gasteiger partial charge in [-0.25, -0.2) is 9.18 Å². The number of fused-ring (bicyclic) bond motifs is 1. The Morgan fingerprint density at radius 2 is 2.03 bits per heavy atom. The minimum atomic E-state index is -1.36. The average molecular weight is 434 g/mol. The molecule has 2 N–H and O–H groups in total. The summed E-state index contributed by atoms with van der Waals surface area (Å²) in [7, 11) is 1.45. The third-order valence-corrected chi connectivity index (χ3v) is 5.44. The van der Waals surface area contributed by atoms with Gasteiger partial charge in [0.1, 0.15) is 17.1 Å².